The van der Waals surface area contributed by atoms with Gasteiger partial charge in [-0.15, -0.1) is 0 Å². The second-order valence-electron chi connectivity index (χ2n) is 3.65. The van der Waals surface area contributed by atoms with Crippen LogP contribution in [-0.4, -0.2) is 41.8 Å². The van der Waals surface area contributed by atoms with Crippen LogP contribution in [0.25, 0.3) is 0 Å². The van der Waals surface area contributed by atoms with Crippen LogP contribution in [-0.2, 0) is 0 Å². The molecule has 0 radical (unpaired) electrons. The van der Waals surface area contributed by atoms with Crippen LogP contribution in [0.1, 0.15) is 19.0 Å². The van der Waals surface area contributed by atoms with Crippen molar-refractivity contribution < 1.29 is 5.11 Å². The Balaban J connectivity index is 2.93. The maximum Gasteiger partial charge on any atom is 0.224 e. The van der Waals surface area contributed by atoms with Crippen molar-refractivity contribution in [3.63, 3.8) is 0 Å². The van der Waals surface area contributed by atoms with Gasteiger partial charge in [0, 0.05) is 31.9 Å². The molecule has 0 saturated heterocycles. The van der Waals surface area contributed by atoms with Crippen molar-refractivity contribution in [3.8, 4) is 0 Å². The zero-order valence-corrected chi connectivity index (χ0v) is 10.2. The van der Waals surface area contributed by atoms with Gasteiger partial charge in [-0.3, -0.25) is 0 Å². The molecule has 16 heavy (non-hydrogen) atoms. The highest BCUT2D eigenvalue weighted by atomic mass is 16.3. The predicted molar refractivity (Wildman–Crippen MR) is 65.9 cm³/mol. The summed E-state index contributed by atoms with van der Waals surface area (Å²) in [5, 5.41) is 12.0. The minimum atomic E-state index is 0.137. The van der Waals surface area contributed by atoms with E-state index in [9.17, 15) is 0 Å². The second kappa shape index (κ2) is 6.27. The van der Waals surface area contributed by atoms with Gasteiger partial charge in [-0.05, 0) is 13.3 Å². The van der Waals surface area contributed by atoms with Gasteiger partial charge in [0.2, 0.25) is 5.95 Å². The summed E-state index contributed by atoms with van der Waals surface area (Å²) < 4.78 is 0. The lowest BCUT2D eigenvalue weighted by molar-refractivity contribution is 0.301. The third-order valence-corrected chi connectivity index (χ3v) is 2.25. The largest absolute Gasteiger partial charge is 0.395 e. The van der Waals surface area contributed by atoms with Crippen LogP contribution in [0.2, 0.25) is 0 Å². The minimum absolute atomic E-state index is 0.137. The van der Waals surface area contributed by atoms with E-state index < -0.39 is 0 Å². The summed E-state index contributed by atoms with van der Waals surface area (Å²) >= 11 is 0. The molecule has 0 aromatic carbocycles. The van der Waals surface area contributed by atoms with Crippen molar-refractivity contribution in [2.45, 2.75) is 20.3 Å². The number of aryl methyl sites for hydroxylation is 1. The topological polar surface area (TPSA) is 61.3 Å². The SMILES string of the molecule is CCCN(CCO)c1cc(C)nc(NC)n1. The molecule has 0 saturated carbocycles. The lowest BCUT2D eigenvalue weighted by atomic mass is 10.3. The van der Waals surface area contributed by atoms with Gasteiger partial charge in [0.05, 0.1) is 6.61 Å². The van der Waals surface area contributed by atoms with Crippen LogP contribution in [0, 0.1) is 6.92 Å². The number of aliphatic hydroxyl groups is 1. The first-order chi connectivity index (χ1) is 7.71. The van der Waals surface area contributed by atoms with Crippen molar-refractivity contribution in [2.75, 3.05) is 37.0 Å². The number of nitrogens with zero attached hydrogens (tertiary/aromatic N) is 3. The predicted octanol–water partition coefficient (Wildman–Crippen LogP) is 1.04. The molecule has 0 aliphatic heterocycles. The molecule has 0 amide bonds. The summed E-state index contributed by atoms with van der Waals surface area (Å²) in [5.74, 6) is 1.49. The Morgan fingerprint density at radius 2 is 2.12 bits per heavy atom. The molecule has 0 bridgehead atoms. The standard InChI is InChI=1S/C11H20N4O/c1-4-5-15(6-7-16)10-8-9(2)13-11(12-3)14-10/h8,16H,4-7H2,1-3H3,(H,12,13,14). The molecular formula is C11H20N4O. The average Bonchev–Trinajstić information content (AvgIpc) is 2.28. The van der Waals surface area contributed by atoms with Gasteiger partial charge in [-0.25, -0.2) is 4.98 Å². The smallest absolute Gasteiger partial charge is 0.224 e. The molecular weight excluding hydrogens is 204 g/mol. The molecule has 0 aliphatic rings. The molecule has 5 nitrogen and oxygen atoms in total. The van der Waals surface area contributed by atoms with E-state index in [1.807, 2.05) is 13.0 Å². The third kappa shape index (κ3) is 3.34. The highest BCUT2D eigenvalue weighted by Gasteiger charge is 2.08. The lowest BCUT2D eigenvalue weighted by Gasteiger charge is -2.22. The van der Waals surface area contributed by atoms with Crippen LogP contribution in [0.4, 0.5) is 11.8 Å². The fraction of sp³-hybridized carbons (Fsp3) is 0.636. The number of aromatic nitrogens is 2. The van der Waals surface area contributed by atoms with E-state index in [-0.39, 0.29) is 6.61 Å². The molecule has 90 valence electrons. The first-order valence-corrected chi connectivity index (χ1v) is 5.60. The Kier molecular flexibility index (Phi) is 4.98. The Labute approximate surface area is 96.5 Å². The van der Waals surface area contributed by atoms with Crippen LogP contribution < -0.4 is 10.2 Å². The van der Waals surface area contributed by atoms with Crippen LogP contribution >= 0.6 is 0 Å². The molecule has 0 spiro atoms. The van der Waals surface area contributed by atoms with Crippen molar-refractivity contribution >= 4 is 11.8 Å². The molecule has 2 N–H and O–H groups in total. The highest BCUT2D eigenvalue weighted by molar-refractivity contribution is 5.44. The summed E-state index contributed by atoms with van der Waals surface area (Å²) in [4.78, 5) is 10.7. The molecule has 0 unspecified atom stereocenters. The summed E-state index contributed by atoms with van der Waals surface area (Å²) in [7, 11) is 1.80. The van der Waals surface area contributed by atoms with Crippen molar-refractivity contribution in [2.24, 2.45) is 0 Å². The van der Waals surface area contributed by atoms with Crippen molar-refractivity contribution in [1.82, 2.24) is 9.97 Å². The average molecular weight is 224 g/mol. The minimum Gasteiger partial charge on any atom is -0.395 e. The molecule has 0 atom stereocenters. The van der Waals surface area contributed by atoms with E-state index in [4.69, 9.17) is 5.11 Å². The van der Waals surface area contributed by atoms with Gasteiger partial charge in [-0.2, -0.15) is 4.98 Å². The molecule has 1 aromatic heterocycles. The number of rotatable bonds is 6. The summed E-state index contributed by atoms with van der Waals surface area (Å²) in [6.07, 6.45) is 1.03. The number of hydrogen-bond acceptors (Lipinski definition) is 5. The van der Waals surface area contributed by atoms with Gasteiger partial charge >= 0.3 is 0 Å². The maximum absolute atomic E-state index is 9.02. The van der Waals surface area contributed by atoms with Gasteiger partial charge in [0.15, 0.2) is 0 Å². The quantitative estimate of drug-likeness (QED) is 0.756. The fourth-order valence-corrected chi connectivity index (χ4v) is 1.56. The Bertz CT molecular complexity index is 324. The number of nitrogens with one attached hydrogen (secondary N) is 1. The van der Waals surface area contributed by atoms with E-state index in [2.05, 4.69) is 27.1 Å². The summed E-state index contributed by atoms with van der Waals surface area (Å²) in [5.41, 5.74) is 0.924. The van der Waals surface area contributed by atoms with Gasteiger partial charge < -0.3 is 15.3 Å². The normalized spacial score (nSPS) is 10.2. The monoisotopic (exact) mass is 224 g/mol. The van der Waals surface area contributed by atoms with E-state index in [0.717, 1.165) is 24.5 Å². The molecule has 1 aromatic rings. The van der Waals surface area contributed by atoms with Crippen LogP contribution in [0.15, 0.2) is 6.07 Å². The highest BCUT2D eigenvalue weighted by Crippen LogP contribution is 2.14. The van der Waals surface area contributed by atoms with Crippen molar-refractivity contribution in [3.05, 3.63) is 11.8 Å². The van der Waals surface area contributed by atoms with E-state index in [0.29, 0.717) is 12.5 Å². The summed E-state index contributed by atoms with van der Waals surface area (Å²) in [6.45, 7) is 5.68. The zero-order valence-electron chi connectivity index (χ0n) is 10.2. The Morgan fingerprint density at radius 3 is 2.69 bits per heavy atom. The van der Waals surface area contributed by atoms with Gasteiger partial charge in [-0.1, -0.05) is 6.92 Å². The Morgan fingerprint density at radius 1 is 1.38 bits per heavy atom. The number of hydrogen-bond donors (Lipinski definition) is 2. The first kappa shape index (κ1) is 12.7. The van der Waals surface area contributed by atoms with Crippen molar-refractivity contribution in [1.29, 1.82) is 0 Å². The molecule has 5 heteroatoms. The zero-order chi connectivity index (χ0) is 12.0. The van der Waals surface area contributed by atoms with Crippen LogP contribution in [0.5, 0.6) is 0 Å². The number of anilines is 2. The Hall–Kier alpha value is -1.36. The third-order valence-electron chi connectivity index (χ3n) is 2.25. The van der Waals surface area contributed by atoms with Crippen LogP contribution in [0.3, 0.4) is 0 Å². The second-order valence-corrected chi connectivity index (χ2v) is 3.65. The molecule has 1 rings (SSSR count). The summed E-state index contributed by atoms with van der Waals surface area (Å²) in [6, 6.07) is 1.94. The van der Waals surface area contributed by atoms with Gasteiger partial charge in [0.1, 0.15) is 5.82 Å². The van der Waals surface area contributed by atoms with E-state index in [1.54, 1.807) is 7.05 Å². The van der Waals surface area contributed by atoms with E-state index >= 15 is 0 Å². The van der Waals surface area contributed by atoms with E-state index in [1.165, 1.54) is 0 Å². The van der Waals surface area contributed by atoms with Gasteiger partial charge in [0.25, 0.3) is 0 Å². The fourth-order valence-electron chi connectivity index (χ4n) is 1.56. The molecule has 0 aliphatic carbocycles. The molecule has 1 heterocycles. The first-order valence-electron chi connectivity index (χ1n) is 5.60. The maximum atomic E-state index is 9.02. The lowest BCUT2D eigenvalue weighted by Crippen LogP contribution is -2.28. The molecule has 0 fully saturated rings. The number of aliphatic hydroxyl groups excluding tert-OH is 1.